The maximum Gasteiger partial charge on any atom is 0.227 e. The average molecular weight is 198 g/mol. The molecule has 0 spiro atoms. The van der Waals surface area contributed by atoms with E-state index in [1.54, 1.807) is 0 Å². The summed E-state index contributed by atoms with van der Waals surface area (Å²) in [6.07, 6.45) is 3.50. The Morgan fingerprint density at radius 1 is 1.43 bits per heavy atom. The van der Waals surface area contributed by atoms with E-state index in [0.717, 1.165) is 12.8 Å². The molecular weight excluding hydrogens is 176 g/mol. The molecule has 1 amide bonds. The van der Waals surface area contributed by atoms with Gasteiger partial charge in [-0.15, -0.1) is 0 Å². The summed E-state index contributed by atoms with van der Waals surface area (Å²) in [5.41, 5.74) is 5.52. The van der Waals surface area contributed by atoms with E-state index in [1.165, 1.54) is 6.42 Å². The number of hydrogen-bond donors (Lipinski definition) is 1. The molecule has 0 bridgehead atoms. The van der Waals surface area contributed by atoms with Crippen LogP contribution in [-0.2, 0) is 4.79 Å². The zero-order valence-corrected chi connectivity index (χ0v) is 9.49. The molecule has 0 aliphatic carbocycles. The molecular formula is C11H22N2O. The Hall–Kier alpha value is -0.570. The van der Waals surface area contributed by atoms with Crippen LogP contribution < -0.4 is 5.73 Å². The van der Waals surface area contributed by atoms with Gasteiger partial charge in [0.25, 0.3) is 0 Å². The van der Waals surface area contributed by atoms with Crippen LogP contribution in [-0.4, -0.2) is 29.4 Å². The van der Waals surface area contributed by atoms with Crippen LogP contribution in [0.5, 0.6) is 0 Å². The van der Waals surface area contributed by atoms with Gasteiger partial charge in [0.2, 0.25) is 5.91 Å². The van der Waals surface area contributed by atoms with Crippen LogP contribution in [0.1, 0.15) is 40.0 Å². The van der Waals surface area contributed by atoms with Crippen molar-refractivity contribution in [2.75, 3.05) is 6.54 Å². The molecule has 82 valence electrons. The lowest BCUT2D eigenvalue weighted by molar-refractivity contribution is -0.140. The monoisotopic (exact) mass is 198 g/mol. The van der Waals surface area contributed by atoms with Crippen LogP contribution in [0.2, 0.25) is 0 Å². The fourth-order valence-corrected chi connectivity index (χ4v) is 2.21. The van der Waals surface area contributed by atoms with Gasteiger partial charge in [0.1, 0.15) is 0 Å². The van der Waals surface area contributed by atoms with Gasteiger partial charge in [-0.05, 0) is 33.1 Å². The highest BCUT2D eigenvalue weighted by Gasteiger charge is 2.30. The summed E-state index contributed by atoms with van der Waals surface area (Å²) in [6, 6.07) is 0.778. The molecule has 2 N–H and O–H groups in total. The van der Waals surface area contributed by atoms with Crippen molar-refractivity contribution in [3.63, 3.8) is 0 Å². The topological polar surface area (TPSA) is 46.3 Å². The zero-order valence-electron chi connectivity index (χ0n) is 9.49. The Kier molecular flexibility index (Phi) is 3.93. The van der Waals surface area contributed by atoms with Crippen LogP contribution >= 0.6 is 0 Å². The summed E-state index contributed by atoms with van der Waals surface area (Å²) < 4.78 is 0. The molecule has 0 saturated carbocycles. The number of amides is 1. The van der Waals surface area contributed by atoms with Crippen molar-refractivity contribution in [1.29, 1.82) is 0 Å². The molecule has 1 fully saturated rings. The number of rotatable bonds is 2. The third-order valence-electron chi connectivity index (χ3n) is 3.22. The molecule has 14 heavy (non-hydrogen) atoms. The molecule has 0 aromatic heterocycles. The second kappa shape index (κ2) is 4.78. The van der Waals surface area contributed by atoms with Gasteiger partial charge in [0.05, 0.1) is 0 Å². The minimum atomic E-state index is -0.0296. The van der Waals surface area contributed by atoms with Crippen molar-refractivity contribution < 1.29 is 4.79 Å². The normalized spacial score (nSPS) is 30.1. The lowest BCUT2D eigenvalue weighted by Gasteiger charge is -2.40. The molecule has 1 rings (SSSR count). The quantitative estimate of drug-likeness (QED) is 0.728. The Bertz CT molecular complexity index is 195. The first kappa shape index (κ1) is 11.5. The largest absolute Gasteiger partial charge is 0.337 e. The van der Waals surface area contributed by atoms with Crippen molar-refractivity contribution in [3.05, 3.63) is 0 Å². The van der Waals surface area contributed by atoms with E-state index in [9.17, 15) is 4.79 Å². The molecule has 1 aliphatic heterocycles. The third-order valence-corrected chi connectivity index (χ3v) is 3.22. The van der Waals surface area contributed by atoms with Gasteiger partial charge in [-0.1, -0.05) is 6.92 Å². The van der Waals surface area contributed by atoms with Crippen molar-refractivity contribution in [3.8, 4) is 0 Å². The summed E-state index contributed by atoms with van der Waals surface area (Å²) in [5.74, 6) is 0.199. The highest BCUT2D eigenvalue weighted by molar-refractivity contribution is 5.79. The van der Waals surface area contributed by atoms with Gasteiger partial charge < -0.3 is 10.6 Å². The van der Waals surface area contributed by atoms with Gasteiger partial charge in [-0.3, -0.25) is 4.79 Å². The van der Waals surface area contributed by atoms with E-state index in [4.69, 9.17) is 5.73 Å². The Labute approximate surface area is 86.6 Å². The second-order valence-electron chi connectivity index (χ2n) is 4.51. The van der Waals surface area contributed by atoms with E-state index < -0.39 is 0 Å². The zero-order chi connectivity index (χ0) is 10.7. The van der Waals surface area contributed by atoms with Crippen molar-refractivity contribution in [2.24, 2.45) is 11.7 Å². The lowest BCUT2D eigenvalue weighted by atomic mass is 9.95. The summed E-state index contributed by atoms with van der Waals surface area (Å²) in [5, 5.41) is 0. The molecule has 1 unspecified atom stereocenters. The Balaban J connectivity index is 2.67. The maximum absolute atomic E-state index is 12.0. The minimum Gasteiger partial charge on any atom is -0.337 e. The molecule has 0 radical (unpaired) electrons. The van der Waals surface area contributed by atoms with Gasteiger partial charge in [0.15, 0.2) is 0 Å². The van der Waals surface area contributed by atoms with Crippen molar-refractivity contribution in [2.45, 2.75) is 52.1 Å². The van der Waals surface area contributed by atoms with Gasteiger partial charge >= 0.3 is 0 Å². The standard InChI is InChI=1S/C11H22N2O/c1-8(7-12)11(14)13-9(2)5-4-6-10(13)3/h8-10H,4-7,12H2,1-3H3/t8?,9-,10+. The second-order valence-corrected chi connectivity index (χ2v) is 4.51. The Morgan fingerprint density at radius 3 is 2.36 bits per heavy atom. The van der Waals surface area contributed by atoms with Crippen LogP contribution in [0.25, 0.3) is 0 Å². The molecule has 1 heterocycles. The first-order valence-corrected chi connectivity index (χ1v) is 5.60. The summed E-state index contributed by atoms with van der Waals surface area (Å²) in [4.78, 5) is 14.0. The number of carbonyl (C=O) groups is 1. The SMILES string of the molecule is CC(CN)C(=O)N1[C@H](C)CCC[C@@H]1C. The third kappa shape index (κ3) is 2.27. The fraction of sp³-hybridized carbons (Fsp3) is 0.909. The summed E-state index contributed by atoms with van der Waals surface area (Å²) in [6.45, 7) is 6.64. The van der Waals surface area contributed by atoms with E-state index in [0.29, 0.717) is 18.6 Å². The predicted octanol–water partition coefficient (Wildman–Crippen LogP) is 1.37. The number of piperidine rings is 1. The summed E-state index contributed by atoms with van der Waals surface area (Å²) >= 11 is 0. The molecule has 1 aliphatic rings. The van der Waals surface area contributed by atoms with Gasteiger partial charge in [-0.2, -0.15) is 0 Å². The number of nitrogens with zero attached hydrogens (tertiary/aromatic N) is 1. The highest BCUT2D eigenvalue weighted by atomic mass is 16.2. The van der Waals surface area contributed by atoms with Crippen LogP contribution in [0.3, 0.4) is 0 Å². The lowest BCUT2D eigenvalue weighted by Crippen LogP contribution is -2.50. The number of carbonyl (C=O) groups excluding carboxylic acids is 1. The molecule has 3 heteroatoms. The fourth-order valence-electron chi connectivity index (χ4n) is 2.21. The van der Waals surface area contributed by atoms with E-state index in [2.05, 4.69) is 13.8 Å². The van der Waals surface area contributed by atoms with E-state index >= 15 is 0 Å². The highest BCUT2D eigenvalue weighted by Crippen LogP contribution is 2.23. The molecule has 3 nitrogen and oxygen atoms in total. The smallest absolute Gasteiger partial charge is 0.227 e. The average Bonchev–Trinajstić information content (AvgIpc) is 2.16. The van der Waals surface area contributed by atoms with Crippen molar-refractivity contribution >= 4 is 5.91 Å². The molecule has 0 aromatic rings. The number of hydrogen-bond acceptors (Lipinski definition) is 2. The van der Waals surface area contributed by atoms with Crippen LogP contribution in [0.4, 0.5) is 0 Å². The maximum atomic E-state index is 12.0. The van der Waals surface area contributed by atoms with Crippen molar-refractivity contribution in [1.82, 2.24) is 4.90 Å². The minimum absolute atomic E-state index is 0.0296. The Morgan fingerprint density at radius 2 is 1.93 bits per heavy atom. The summed E-state index contributed by atoms with van der Waals surface area (Å²) in [7, 11) is 0. The number of likely N-dealkylation sites (tertiary alicyclic amines) is 1. The predicted molar refractivity (Wildman–Crippen MR) is 57.8 cm³/mol. The first-order valence-electron chi connectivity index (χ1n) is 5.60. The molecule has 1 saturated heterocycles. The van der Waals surface area contributed by atoms with E-state index in [1.807, 2.05) is 11.8 Å². The first-order chi connectivity index (χ1) is 6.57. The van der Waals surface area contributed by atoms with Crippen LogP contribution in [0.15, 0.2) is 0 Å². The van der Waals surface area contributed by atoms with Gasteiger partial charge in [-0.25, -0.2) is 0 Å². The molecule has 3 atom stereocenters. The van der Waals surface area contributed by atoms with Gasteiger partial charge in [0, 0.05) is 24.5 Å². The number of nitrogens with two attached hydrogens (primary N) is 1. The van der Waals surface area contributed by atoms with Crippen LogP contribution in [0, 0.1) is 5.92 Å². The van der Waals surface area contributed by atoms with E-state index in [-0.39, 0.29) is 11.8 Å². The molecule has 0 aromatic carbocycles.